The minimum absolute atomic E-state index is 0.177. The molecule has 0 unspecified atom stereocenters. The Morgan fingerprint density at radius 3 is 2.39 bits per heavy atom. The molecule has 2 aromatic rings. The topological polar surface area (TPSA) is 42.0 Å². The highest BCUT2D eigenvalue weighted by molar-refractivity contribution is 5.96. The maximum Gasteiger partial charge on any atom is 0.162 e. The highest BCUT2D eigenvalue weighted by Crippen LogP contribution is 2.12. The van der Waals surface area contributed by atoms with Crippen molar-refractivity contribution in [1.82, 2.24) is 4.98 Å². The van der Waals surface area contributed by atoms with E-state index < -0.39 is 0 Å². The lowest BCUT2D eigenvalue weighted by molar-refractivity contribution is 0.0988. The van der Waals surface area contributed by atoms with Gasteiger partial charge in [-0.2, -0.15) is 0 Å². The predicted molar refractivity (Wildman–Crippen MR) is 72.6 cm³/mol. The van der Waals surface area contributed by atoms with Crippen LogP contribution < -0.4 is 5.32 Å². The van der Waals surface area contributed by atoms with Crippen LogP contribution in [0.1, 0.15) is 29.3 Å². The first-order chi connectivity index (χ1) is 8.79. The summed E-state index contributed by atoms with van der Waals surface area (Å²) in [6, 6.07) is 11.5. The van der Waals surface area contributed by atoms with Crippen molar-refractivity contribution in [2.45, 2.75) is 19.9 Å². The number of aromatic nitrogens is 1. The van der Waals surface area contributed by atoms with E-state index in [1.165, 1.54) is 5.56 Å². The summed E-state index contributed by atoms with van der Waals surface area (Å²) in [7, 11) is 0. The summed E-state index contributed by atoms with van der Waals surface area (Å²) in [6.45, 7) is 2.63. The monoisotopic (exact) mass is 240 g/mol. The highest BCUT2D eigenvalue weighted by atomic mass is 16.1. The summed E-state index contributed by atoms with van der Waals surface area (Å²) in [5, 5.41) is 3.31. The van der Waals surface area contributed by atoms with Gasteiger partial charge in [0.1, 0.15) is 0 Å². The predicted octanol–water partition coefficient (Wildman–Crippen LogP) is 3.29. The van der Waals surface area contributed by atoms with E-state index in [1.54, 1.807) is 12.4 Å². The molecule has 0 aliphatic heterocycles. The number of carbonyl (C=O) groups excluding carboxylic acids is 1. The third-order valence-electron chi connectivity index (χ3n) is 2.77. The minimum Gasteiger partial charge on any atom is -0.381 e. The van der Waals surface area contributed by atoms with Gasteiger partial charge < -0.3 is 5.32 Å². The van der Waals surface area contributed by atoms with Gasteiger partial charge in [-0.1, -0.05) is 6.92 Å². The van der Waals surface area contributed by atoms with E-state index >= 15 is 0 Å². The van der Waals surface area contributed by atoms with E-state index in [9.17, 15) is 4.79 Å². The van der Waals surface area contributed by atoms with Crippen molar-refractivity contribution in [1.29, 1.82) is 0 Å². The van der Waals surface area contributed by atoms with Crippen LogP contribution in [0.2, 0.25) is 0 Å². The van der Waals surface area contributed by atoms with E-state index in [2.05, 4.69) is 10.3 Å². The summed E-state index contributed by atoms with van der Waals surface area (Å²) in [5.74, 6) is 0.177. The molecule has 2 rings (SSSR count). The molecule has 1 aromatic heterocycles. The van der Waals surface area contributed by atoms with E-state index in [0.29, 0.717) is 6.42 Å². The Bertz CT molecular complexity index is 506. The van der Waals surface area contributed by atoms with Crippen LogP contribution in [0.5, 0.6) is 0 Å². The molecule has 0 amide bonds. The first-order valence-corrected chi connectivity index (χ1v) is 6.05. The van der Waals surface area contributed by atoms with Crippen LogP contribution in [0.25, 0.3) is 0 Å². The normalized spacial score (nSPS) is 10.1. The van der Waals surface area contributed by atoms with Crippen LogP contribution >= 0.6 is 0 Å². The molecular formula is C15H16N2O. The molecule has 92 valence electrons. The lowest BCUT2D eigenvalue weighted by Crippen LogP contribution is -2.00. The van der Waals surface area contributed by atoms with Gasteiger partial charge in [0.15, 0.2) is 5.78 Å². The standard InChI is InChI=1S/C15H16N2O/c1-2-15(18)13-3-5-14(6-4-13)17-11-12-7-9-16-10-8-12/h3-10,17H,2,11H2,1H3. The molecule has 18 heavy (non-hydrogen) atoms. The van der Waals surface area contributed by atoms with Crippen molar-refractivity contribution in [3.05, 3.63) is 59.9 Å². The van der Waals surface area contributed by atoms with Gasteiger partial charge in [-0.25, -0.2) is 0 Å². The molecule has 0 fully saturated rings. The van der Waals surface area contributed by atoms with Gasteiger partial charge >= 0.3 is 0 Å². The summed E-state index contributed by atoms with van der Waals surface area (Å²) in [4.78, 5) is 15.5. The average Bonchev–Trinajstić information content (AvgIpc) is 2.46. The van der Waals surface area contributed by atoms with E-state index in [0.717, 1.165) is 17.8 Å². The molecule has 0 atom stereocenters. The molecule has 0 saturated heterocycles. The van der Waals surface area contributed by atoms with Gasteiger partial charge in [0.25, 0.3) is 0 Å². The Morgan fingerprint density at radius 1 is 1.11 bits per heavy atom. The first kappa shape index (κ1) is 12.3. The van der Waals surface area contributed by atoms with Crippen molar-refractivity contribution >= 4 is 11.5 Å². The van der Waals surface area contributed by atoms with Crippen molar-refractivity contribution in [2.24, 2.45) is 0 Å². The molecule has 1 aromatic carbocycles. The number of hydrogen-bond acceptors (Lipinski definition) is 3. The Balaban J connectivity index is 1.97. The number of carbonyl (C=O) groups is 1. The van der Waals surface area contributed by atoms with Crippen molar-refractivity contribution < 1.29 is 4.79 Å². The maximum atomic E-state index is 11.5. The zero-order chi connectivity index (χ0) is 12.8. The number of anilines is 1. The van der Waals surface area contributed by atoms with Crippen LogP contribution in [-0.2, 0) is 6.54 Å². The maximum absolute atomic E-state index is 11.5. The first-order valence-electron chi connectivity index (χ1n) is 6.05. The fraction of sp³-hybridized carbons (Fsp3) is 0.200. The largest absolute Gasteiger partial charge is 0.381 e. The van der Waals surface area contributed by atoms with Gasteiger partial charge in [-0.3, -0.25) is 9.78 Å². The number of nitrogens with zero attached hydrogens (tertiary/aromatic N) is 1. The molecule has 0 aliphatic carbocycles. The highest BCUT2D eigenvalue weighted by Gasteiger charge is 2.02. The molecular weight excluding hydrogens is 224 g/mol. The zero-order valence-corrected chi connectivity index (χ0v) is 10.4. The fourth-order valence-corrected chi connectivity index (χ4v) is 1.68. The van der Waals surface area contributed by atoms with E-state index in [-0.39, 0.29) is 5.78 Å². The number of Topliss-reactive ketones (excluding diaryl/α,β-unsaturated/α-hetero) is 1. The van der Waals surface area contributed by atoms with E-state index in [1.807, 2.05) is 43.3 Å². The Morgan fingerprint density at radius 2 is 1.78 bits per heavy atom. The van der Waals surface area contributed by atoms with E-state index in [4.69, 9.17) is 0 Å². The van der Waals surface area contributed by atoms with Crippen LogP contribution in [-0.4, -0.2) is 10.8 Å². The van der Waals surface area contributed by atoms with Crippen LogP contribution in [0.15, 0.2) is 48.8 Å². The van der Waals surface area contributed by atoms with Gasteiger partial charge in [0.2, 0.25) is 0 Å². The molecule has 0 saturated carbocycles. The van der Waals surface area contributed by atoms with Crippen molar-refractivity contribution in [3.63, 3.8) is 0 Å². The molecule has 0 bridgehead atoms. The second-order valence-corrected chi connectivity index (χ2v) is 4.06. The lowest BCUT2D eigenvalue weighted by atomic mass is 10.1. The smallest absolute Gasteiger partial charge is 0.162 e. The molecule has 3 nitrogen and oxygen atoms in total. The van der Waals surface area contributed by atoms with Gasteiger partial charge in [-0.05, 0) is 42.0 Å². The number of hydrogen-bond donors (Lipinski definition) is 1. The average molecular weight is 240 g/mol. The SMILES string of the molecule is CCC(=O)c1ccc(NCc2ccncc2)cc1. The van der Waals surface area contributed by atoms with Crippen molar-refractivity contribution in [3.8, 4) is 0 Å². The molecule has 0 aliphatic rings. The summed E-state index contributed by atoms with van der Waals surface area (Å²) >= 11 is 0. The lowest BCUT2D eigenvalue weighted by Gasteiger charge is -2.07. The number of pyridine rings is 1. The molecule has 1 heterocycles. The van der Waals surface area contributed by atoms with Gasteiger partial charge in [0.05, 0.1) is 0 Å². The van der Waals surface area contributed by atoms with Crippen LogP contribution in [0, 0.1) is 0 Å². The summed E-state index contributed by atoms with van der Waals surface area (Å²) in [5.41, 5.74) is 2.96. The minimum atomic E-state index is 0.177. The molecule has 0 spiro atoms. The van der Waals surface area contributed by atoms with Crippen LogP contribution in [0.4, 0.5) is 5.69 Å². The third kappa shape index (κ3) is 3.17. The van der Waals surface area contributed by atoms with Gasteiger partial charge in [0, 0.05) is 36.6 Å². The quantitative estimate of drug-likeness (QED) is 0.815. The second kappa shape index (κ2) is 5.96. The molecule has 1 N–H and O–H groups in total. The Kier molecular flexibility index (Phi) is 4.07. The fourth-order valence-electron chi connectivity index (χ4n) is 1.68. The Labute approximate surface area is 107 Å². The number of benzene rings is 1. The number of rotatable bonds is 5. The number of nitrogens with one attached hydrogen (secondary N) is 1. The Hall–Kier alpha value is -2.16. The second-order valence-electron chi connectivity index (χ2n) is 4.06. The number of ketones is 1. The molecule has 0 radical (unpaired) electrons. The van der Waals surface area contributed by atoms with Crippen molar-refractivity contribution in [2.75, 3.05) is 5.32 Å². The van der Waals surface area contributed by atoms with Crippen LogP contribution in [0.3, 0.4) is 0 Å². The van der Waals surface area contributed by atoms with Gasteiger partial charge in [-0.15, -0.1) is 0 Å². The summed E-state index contributed by atoms with van der Waals surface area (Å²) in [6.07, 6.45) is 4.10. The molecule has 3 heteroatoms. The third-order valence-corrected chi connectivity index (χ3v) is 2.77. The summed E-state index contributed by atoms with van der Waals surface area (Å²) < 4.78 is 0. The zero-order valence-electron chi connectivity index (χ0n) is 10.4.